The van der Waals surface area contributed by atoms with E-state index in [0.29, 0.717) is 10.6 Å². The molecule has 1 aliphatic rings. The smallest absolute Gasteiger partial charge is 0.247 e. The quantitative estimate of drug-likeness (QED) is 0.820. The van der Waals surface area contributed by atoms with Crippen LogP contribution in [0.15, 0.2) is 4.60 Å². The molecule has 1 aromatic rings. The second-order valence-electron chi connectivity index (χ2n) is 3.63. The standard InChI is InChI=1S/C9H14BrN3O/c1-14-9-8(10)11-12-13(9)7-5-3-2-4-6-7/h7H,2-6H2,1H3. The van der Waals surface area contributed by atoms with Gasteiger partial charge in [0.15, 0.2) is 4.60 Å². The zero-order valence-corrected chi connectivity index (χ0v) is 9.83. The number of nitrogens with zero attached hydrogens (tertiary/aromatic N) is 3. The molecule has 2 rings (SSSR count). The summed E-state index contributed by atoms with van der Waals surface area (Å²) in [5.41, 5.74) is 0. The van der Waals surface area contributed by atoms with Crippen molar-refractivity contribution in [1.29, 1.82) is 0 Å². The maximum atomic E-state index is 5.26. The van der Waals surface area contributed by atoms with E-state index in [2.05, 4.69) is 26.2 Å². The maximum absolute atomic E-state index is 5.26. The molecule has 1 heterocycles. The van der Waals surface area contributed by atoms with E-state index in [1.54, 1.807) is 7.11 Å². The molecule has 0 amide bonds. The van der Waals surface area contributed by atoms with E-state index in [4.69, 9.17) is 4.74 Å². The fraction of sp³-hybridized carbons (Fsp3) is 0.778. The average Bonchev–Trinajstić information content (AvgIpc) is 2.61. The van der Waals surface area contributed by atoms with Crippen LogP contribution in [-0.2, 0) is 0 Å². The Balaban J connectivity index is 2.21. The first-order valence-electron chi connectivity index (χ1n) is 4.97. The Kier molecular flexibility index (Phi) is 3.05. The zero-order valence-electron chi connectivity index (χ0n) is 8.24. The minimum Gasteiger partial charge on any atom is -0.479 e. The van der Waals surface area contributed by atoms with Crippen molar-refractivity contribution in [3.63, 3.8) is 0 Å². The first-order valence-corrected chi connectivity index (χ1v) is 5.77. The minimum atomic E-state index is 0.470. The van der Waals surface area contributed by atoms with Gasteiger partial charge in [-0.25, -0.2) is 4.68 Å². The summed E-state index contributed by atoms with van der Waals surface area (Å²) in [6.07, 6.45) is 6.28. The molecule has 0 atom stereocenters. The molecule has 0 radical (unpaired) electrons. The molecule has 0 aliphatic heterocycles. The van der Waals surface area contributed by atoms with Gasteiger partial charge in [0.2, 0.25) is 5.88 Å². The lowest BCUT2D eigenvalue weighted by atomic mass is 9.96. The summed E-state index contributed by atoms with van der Waals surface area (Å²) in [5, 5.41) is 8.07. The van der Waals surface area contributed by atoms with Crippen molar-refractivity contribution in [3.05, 3.63) is 4.60 Å². The average molecular weight is 260 g/mol. The number of methoxy groups -OCH3 is 1. The molecular formula is C9H14BrN3O. The number of aromatic nitrogens is 3. The number of hydrogen-bond donors (Lipinski definition) is 0. The lowest BCUT2D eigenvalue weighted by Gasteiger charge is -2.22. The first-order chi connectivity index (χ1) is 6.83. The molecule has 1 fully saturated rings. The Labute approximate surface area is 91.8 Å². The van der Waals surface area contributed by atoms with Gasteiger partial charge in [-0.1, -0.05) is 24.5 Å². The lowest BCUT2D eigenvalue weighted by Crippen LogP contribution is -2.15. The topological polar surface area (TPSA) is 39.9 Å². The fourth-order valence-corrected chi connectivity index (χ4v) is 2.42. The van der Waals surface area contributed by atoms with Gasteiger partial charge < -0.3 is 4.74 Å². The highest BCUT2D eigenvalue weighted by Gasteiger charge is 2.21. The summed E-state index contributed by atoms with van der Waals surface area (Å²) >= 11 is 3.32. The highest BCUT2D eigenvalue weighted by Crippen LogP contribution is 2.32. The monoisotopic (exact) mass is 259 g/mol. The molecule has 0 bridgehead atoms. The van der Waals surface area contributed by atoms with Crippen molar-refractivity contribution in [2.45, 2.75) is 38.1 Å². The van der Waals surface area contributed by atoms with Crippen LogP contribution in [0.5, 0.6) is 5.88 Å². The van der Waals surface area contributed by atoms with Gasteiger partial charge in [-0.3, -0.25) is 0 Å². The molecule has 4 nitrogen and oxygen atoms in total. The van der Waals surface area contributed by atoms with Gasteiger partial charge in [0, 0.05) is 0 Å². The van der Waals surface area contributed by atoms with E-state index < -0.39 is 0 Å². The first kappa shape index (κ1) is 9.96. The molecule has 1 saturated carbocycles. The van der Waals surface area contributed by atoms with Crippen LogP contribution in [0.2, 0.25) is 0 Å². The summed E-state index contributed by atoms with van der Waals surface area (Å²) in [5.74, 6) is 0.747. The van der Waals surface area contributed by atoms with Crippen molar-refractivity contribution in [2.24, 2.45) is 0 Å². The van der Waals surface area contributed by atoms with Gasteiger partial charge in [-0.15, -0.1) is 5.10 Å². The molecule has 1 aromatic heterocycles. The summed E-state index contributed by atoms with van der Waals surface area (Å²) in [4.78, 5) is 0. The summed E-state index contributed by atoms with van der Waals surface area (Å²) in [6, 6.07) is 0.470. The van der Waals surface area contributed by atoms with Gasteiger partial charge >= 0.3 is 0 Å². The summed E-state index contributed by atoms with van der Waals surface area (Å²) < 4.78 is 7.87. The molecule has 0 N–H and O–H groups in total. The molecule has 1 aliphatic carbocycles. The third-order valence-corrected chi connectivity index (χ3v) is 3.23. The van der Waals surface area contributed by atoms with E-state index >= 15 is 0 Å². The van der Waals surface area contributed by atoms with Crippen molar-refractivity contribution in [3.8, 4) is 5.88 Å². The Bertz CT molecular complexity index is 307. The Hall–Kier alpha value is -0.580. The molecule has 5 heteroatoms. The number of rotatable bonds is 2. The van der Waals surface area contributed by atoms with Gasteiger partial charge in [0.05, 0.1) is 13.2 Å². The van der Waals surface area contributed by atoms with Gasteiger partial charge in [-0.05, 0) is 28.8 Å². The number of halogens is 1. The van der Waals surface area contributed by atoms with E-state index in [1.165, 1.54) is 32.1 Å². The van der Waals surface area contributed by atoms with Crippen LogP contribution >= 0.6 is 15.9 Å². The highest BCUT2D eigenvalue weighted by atomic mass is 79.9. The zero-order chi connectivity index (χ0) is 9.97. The molecule has 14 heavy (non-hydrogen) atoms. The molecule has 0 unspecified atom stereocenters. The predicted octanol–water partition coefficient (Wildman–Crippen LogP) is 2.55. The molecule has 0 spiro atoms. The normalized spacial score (nSPS) is 18.4. The Morgan fingerprint density at radius 3 is 2.71 bits per heavy atom. The van der Waals surface area contributed by atoms with E-state index in [-0.39, 0.29) is 0 Å². The van der Waals surface area contributed by atoms with Crippen LogP contribution in [0, 0.1) is 0 Å². The number of ether oxygens (including phenoxy) is 1. The van der Waals surface area contributed by atoms with Crippen LogP contribution in [0.3, 0.4) is 0 Å². The van der Waals surface area contributed by atoms with Crippen molar-refractivity contribution >= 4 is 15.9 Å². The molecular weight excluding hydrogens is 246 g/mol. The predicted molar refractivity (Wildman–Crippen MR) is 56.4 cm³/mol. The summed E-state index contributed by atoms with van der Waals surface area (Å²) in [6.45, 7) is 0. The van der Waals surface area contributed by atoms with Gasteiger partial charge in [0.1, 0.15) is 0 Å². The third kappa shape index (κ3) is 1.78. The maximum Gasteiger partial charge on any atom is 0.247 e. The molecule has 0 saturated heterocycles. The van der Waals surface area contributed by atoms with Crippen LogP contribution in [-0.4, -0.2) is 22.1 Å². The van der Waals surface area contributed by atoms with Gasteiger partial charge in [-0.2, -0.15) is 0 Å². The Morgan fingerprint density at radius 2 is 2.07 bits per heavy atom. The highest BCUT2D eigenvalue weighted by molar-refractivity contribution is 9.10. The van der Waals surface area contributed by atoms with Crippen LogP contribution in [0.4, 0.5) is 0 Å². The fourth-order valence-electron chi connectivity index (χ4n) is 2.01. The summed E-state index contributed by atoms with van der Waals surface area (Å²) in [7, 11) is 1.66. The van der Waals surface area contributed by atoms with E-state index in [0.717, 1.165) is 5.88 Å². The minimum absolute atomic E-state index is 0.470. The van der Waals surface area contributed by atoms with Crippen LogP contribution < -0.4 is 4.74 Å². The Morgan fingerprint density at radius 1 is 1.36 bits per heavy atom. The lowest BCUT2D eigenvalue weighted by molar-refractivity contribution is 0.277. The molecule has 0 aromatic carbocycles. The second kappa shape index (κ2) is 4.29. The van der Waals surface area contributed by atoms with Crippen molar-refractivity contribution in [1.82, 2.24) is 15.0 Å². The number of hydrogen-bond acceptors (Lipinski definition) is 3. The second-order valence-corrected chi connectivity index (χ2v) is 4.38. The van der Waals surface area contributed by atoms with E-state index in [9.17, 15) is 0 Å². The largest absolute Gasteiger partial charge is 0.479 e. The van der Waals surface area contributed by atoms with Crippen LogP contribution in [0.25, 0.3) is 0 Å². The third-order valence-electron chi connectivity index (χ3n) is 2.73. The molecule has 78 valence electrons. The van der Waals surface area contributed by atoms with Gasteiger partial charge in [0.25, 0.3) is 0 Å². The van der Waals surface area contributed by atoms with Crippen molar-refractivity contribution < 1.29 is 4.74 Å². The van der Waals surface area contributed by atoms with Crippen molar-refractivity contribution in [2.75, 3.05) is 7.11 Å². The van der Waals surface area contributed by atoms with Crippen LogP contribution in [0.1, 0.15) is 38.1 Å². The SMILES string of the molecule is COc1c(Br)nnn1C1CCCCC1. The van der Waals surface area contributed by atoms with E-state index in [1.807, 2.05) is 4.68 Å².